The fraction of sp³-hybridized carbons (Fsp3) is 0.0192. The van der Waals surface area contributed by atoms with Gasteiger partial charge in [0.05, 0.1) is 33.4 Å². The van der Waals surface area contributed by atoms with Crippen LogP contribution in [0.3, 0.4) is 0 Å². The van der Waals surface area contributed by atoms with E-state index in [-0.39, 0.29) is 0 Å². The highest BCUT2D eigenvalue weighted by molar-refractivity contribution is 6.06. The van der Waals surface area contributed by atoms with Gasteiger partial charge in [0.25, 0.3) is 0 Å². The summed E-state index contributed by atoms with van der Waals surface area (Å²) >= 11 is 0. The molecule has 1 aliphatic carbocycles. The van der Waals surface area contributed by atoms with E-state index in [0.717, 1.165) is 60.8 Å². The van der Waals surface area contributed by atoms with Gasteiger partial charge in [-0.2, -0.15) is 0 Å². The Hall–Kier alpha value is -7.23. The van der Waals surface area contributed by atoms with E-state index in [1.165, 1.54) is 38.9 Å². The van der Waals surface area contributed by atoms with Gasteiger partial charge in [0, 0.05) is 33.5 Å². The zero-order chi connectivity index (χ0) is 36.3. The van der Waals surface area contributed by atoms with Gasteiger partial charge in [0.15, 0.2) is 0 Å². The van der Waals surface area contributed by atoms with Gasteiger partial charge in [-0.3, -0.25) is 4.98 Å². The summed E-state index contributed by atoms with van der Waals surface area (Å²) in [5.74, 6) is 0. The molecule has 3 aromatic heterocycles. The third-order valence-electron chi connectivity index (χ3n) is 11.4. The number of rotatable bonds is 5. The van der Waals surface area contributed by atoms with Gasteiger partial charge < -0.3 is 0 Å². The lowest BCUT2D eigenvalue weighted by Crippen LogP contribution is -2.29. The van der Waals surface area contributed by atoms with Gasteiger partial charge >= 0.3 is 0 Å². The van der Waals surface area contributed by atoms with Gasteiger partial charge in [0.2, 0.25) is 0 Å². The van der Waals surface area contributed by atoms with Crippen molar-refractivity contribution < 1.29 is 0 Å². The maximum atomic E-state index is 5.52. The fourth-order valence-electron chi connectivity index (χ4n) is 8.95. The minimum absolute atomic E-state index is 0.603. The van der Waals surface area contributed by atoms with Crippen LogP contribution in [-0.2, 0) is 5.41 Å². The van der Waals surface area contributed by atoms with Crippen LogP contribution >= 0.6 is 0 Å². The molecular formula is C52H33N3. The first-order valence-corrected chi connectivity index (χ1v) is 18.8. The van der Waals surface area contributed by atoms with E-state index in [0.29, 0.717) is 0 Å². The topological polar surface area (TPSA) is 38.7 Å². The lowest BCUT2D eigenvalue weighted by molar-refractivity contribution is 0.770. The van der Waals surface area contributed by atoms with Gasteiger partial charge in [-0.25, -0.2) is 9.97 Å². The van der Waals surface area contributed by atoms with Crippen molar-refractivity contribution in [2.75, 3.05) is 0 Å². The van der Waals surface area contributed by atoms with Crippen molar-refractivity contribution in [1.29, 1.82) is 0 Å². The fourth-order valence-corrected chi connectivity index (χ4v) is 8.95. The molecule has 256 valence electrons. The Labute approximate surface area is 319 Å². The molecule has 0 aliphatic heterocycles. The van der Waals surface area contributed by atoms with Gasteiger partial charge in [-0.15, -0.1) is 0 Å². The Morgan fingerprint density at radius 3 is 1.69 bits per heavy atom. The SMILES string of the molecule is c1ccc(-c2ccc3ccc4ccc(-c5ccc(-c6ccc7cccnc7c6)c6c5-c5ccccc5C6(c5ccccc5)c5ccccc5)nc4c3n2)cc1. The molecule has 0 bridgehead atoms. The maximum Gasteiger partial charge on any atom is 0.0972 e. The average molecular weight is 700 g/mol. The Morgan fingerprint density at radius 2 is 0.964 bits per heavy atom. The van der Waals surface area contributed by atoms with Crippen molar-refractivity contribution in [3.05, 3.63) is 223 Å². The van der Waals surface area contributed by atoms with E-state index >= 15 is 0 Å². The molecule has 0 N–H and O–H groups in total. The first kappa shape index (κ1) is 31.3. The van der Waals surface area contributed by atoms with Crippen molar-refractivity contribution in [3.8, 4) is 44.8 Å². The summed E-state index contributed by atoms with van der Waals surface area (Å²) in [7, 11) is 0. The molecule has 0 saturated heterocycles. The van der Waals surface area contributed by atoms with E-state index in [2.05, 4.69) is 182 Å². The summed E-state index contributed by atoms with van der Waals surface area (Å²) in [6.45, 7) is 0. The van der Waals surface area contributed by atoms with Crippen LogP contribution in [0.2, 0.25) is 0 Å². The first-order valence-electron chi connectivity index (χ1n) is 18.8. The van der Waals surface area contributed by atoms with Gasteiger partial charge in [-0.1, -0.05) is 170 Å². The van der Waals surface area contributed by atoms with Crippen molar-refractivity contribution in [1.82, 2.24) is 15.0 Å². The van der Waals surface area contributed by atoms with Gasteiger partial charge in [0.1, 0.15) is 0 Å². The highest BCUT2D eigenvalue weighted by Gasteiger charge is 2.48. The maximum absolute atomic E-state index is 5.52. The number of fused-ring (bicyclic) bond motifs is 7. The molecule has 0 unspecified atom stereocenters. The number of hydrogen-bond donors (Lipinski definition) is 0. The summed E-state index contributed by atoms with van der Waals surface area (Å²) in [6.07, 6.45) is 1.88. The van der Waals surface area contributed by atoms with Crippen LogP contribution in [0.1, 0.15) is 22.3 Å². The number of aromatic nitrogens is 3. The molecule has 0 fully saturated rings. The van der Waals surface area contributed by atoms with Crippen LogP contribution in [0.25, 0.3) is 77.5 Å². The molecule has 3 nitrogen and oxygen atoms in total. The minimum atomic E-state index is -0.603. The van der Waals surface area contributed by atoms with E-state index in [1.54, 1.807) is 0 Å². The quantitative estimate of drug-likeness (QED) is 0.168. The lowest BCUT2D eigenvalue weighted by Gasteiger charge is -2.35. The molecule has 10 aromatic rings. The van der Waals surface area contributed by atoms with Crippen molar-refractivity contribution in [2.24, 2.45) is 0 Å². The third-order valence-corrected chi connectivity index (χ3v) is 11.4. The Kier molecular flexibility index (Phi) is 7.08. The molecule has 0 saturated carbocycles. The second-order valence-electron chi connectivity index (χ2n) is 14.3. The Morgan fingerprint density at radius 1 is 0.382 bits per heavy atom. The molecule has 1 aliphatic rings. The molecule has 0 radical (unpaired) electrons. The molecular weight excluding hydrogens is 667 g/mol. The molecule has 7 aromatic carbocycles. The van der Waals surface area contributed by atoms with Crippen molar-refractivity contribution >= 4 is 32.7 Å². The Balaban J connectivity index is 1.25. The summed E-state index contributed by atoms with van der Waals surface area (Å²) in [6, 6.07) is 69.7. The van der Waals surface area contributed by atoms with Crippen LogP contribution in [0.5, 0.6) is 0 Å². The summed E-state index contributed by atoms with van der Waals surface area (Å²) in [5.41, 5.74) is 15.9. The van der Waals surface area contributed by atoms with Crippen molar-refractivity contribution in [2.45, 2.75) is 5.41 Å². The highest BCUT2D eigenvalue weighted by Crippen LogP contribution is 2.60. The molecule has 0 spiro atoms. The van der Waals surface area contributed by atoms with Crippen LogP contribution < -0.4 is 0 Å². The monoisotopic (exact) mass is 699 g/mol. The molecule has 3 heterocycles. The van der Waals surface area contributed by atoms with Crippen LogP contribution in [0.4, 0.5) is 0 Å². The first-order chi connectivity index (χ1) is 27.3. The standard InChI is InChI=1S/C52H33N3/c1-4-13-34(14-5-1)45-30-26-36-23-24-37-27-31-46(55-51(37)50(36)54-45)43-29-28-41(38-25-22-35-15-12-32-53-47(35)33-38)49-48(43)42-20-10-11-21-44(42)52(49,39-16-6-2-7-17-39)40-18-8-3-9-19-40/h1-33H. The molecule has 0 amide bonds. The normalized spacial score (nSPS) is 12.9. The van der Waals surface area contributed by atoms with E-state index in [4.69, 9.17) is 15.0 Å². The summed E-state index contributed by atoms with van der Waals surface area (Å²) in [5, 5.41) is 3.26. The zero-order valence-corrected chi connectivity index (χ0v) is 29.9. The summed E-state index contributed by atoms with van der Waals surface area (Å²) < 4.78 is 0. The number of pyridine rings is 3. The molecule has 55 heavy (non-hydrogen) atoms. The highest BCUT2D eigenvalue weighted by atomic mass is 14.8. The molecule has 3 heteroatoms. The largest absolute Gasteiger partial charge is 0.256 e. The number of nitrogens with zero attached hydrogens (tertiary/aromatic N) is 3. The molecule has 0 atom stereocenters. The van der Waals surface area contributed by atoms with Crippen LogP contribution in [-0.4, -0.2) is 15.0 Å². The minimum Gasteiger partial charge on any atom is -0.256 e. The second-order valence-corrected chi connectivity index (χ2v) is 14.3. The van der Waals surface area contributed by atoms with E-state index in [9.17, 15) is 0 Å². The predicted octanol–water partition coefficient (Wildman–Crippen LogP) is 12.7. The summed E-state index contributed by atoms with van der Waals surface area (Å²) in [4.78, 5) is 15.5. The third kappa shape index (κ3) is 4.80. The van der Waals surface area contributed by atoms with Crippen LogP contribution in [0, 0.1) is 0 Å². The van der Waals surface area contributed by atoms with Crippen LogP contribution in [0.15, 0.2) is 200 Å². The lowest BCUT2D eigenvalue weighted by atomic mass is 9.66. The molecule has 11 rings (SSSR count). The van der Waals surface area contributed by atoms with E-state index < -0.39 is 5.41 Å². The number of benzene rings is 7. The van der Waals surface area contributed by atoms with Gasteiger partial charge in [-0.05, 0) is 68.8 Å². The average Bonchev–Trinajstić information content (AvgIpc) is 3.58. The smallest absolute Gasteiger partial charge is 0.0972 e. The zero-order valence-electron chi connectivity index (χ0n) is 29.9. The van der Waals surface area contributed by atoms with Crippen molar-refractivity contribution in [3.63, 3.8) is 0 Å². The number of hydrogen-bond acceptors (Lipinski definition) is 3. The Bertz CT molecular complexity index is 3040. The predicted molar refractivity (Wildman–Crippen MR) is 226 cm³/mol. The van der Waals surface area contributed by atoms with E-state index in [1.807, 2.05) is 18.3 Å². The second kappa shape index (κ2) is 12.4.